The number of Topliss-reactive ketones (excluding diaryl/α,β-unsaturated/α-hetero) is 1. The van der Waals surface area contributed by atoms with E-state index >= 15 is 0 Å². The van der Waals surface area contributed by atoms with Crippen molar-refractivity contribution in [2.45, 2.75) is 6.04 Å². The molecule has 0 saturated carbocycles. The van der Waals surface area contributed by atoms with Gasteiger partial charge in [0.2, 0.25) is 0 Å². The highest BCUT2D eigenvalue weighted by molar-refractivity contribution is 6.09. The number of ketones is 1. The zero-order valence-electron chi connectivity index (χ0n) is 9.60. The van der Waals surface area contributed by atoms with Gasteiger partial charge in [-0.1, -0.05) is 24.3 Å². The standard InChI is InChI=1S/C14H12N2O2/c17-13-7-2-1-5-10(13)14(18)11-9-15-16-8-4-3-6-12(11)16/h1-9,11-12,17H. The van der Waals surface area contributed by atoms with Crippen LogP contribution in [0.2, 0.25) is 0 Å². The molecule has 2 aliphatic rings. The van der Waals surface area contributed by atoms with Crippen LogP contribution in [0.1, 0.15) is 10.4 Å². The van der Waals surface area contributed by atoms with E-state index in [1.165, 1.54) is 6.07 Å². The SMILES string of the molecule is O=C(c1ccccc1O)C1C=NN2C=CC=CC12. The van der Waals surface area contributed by atoms with Crippen molar-refractivity contribution in [3.63, 3.8) is 0 Å². The van der Waals surface area contributed by atoms with Gasteiger partial charge in [-0.15, -0.1) is 0 Å². The van der Waals surface area contributed by atoms with E-state index in [9.17, 15) is 9.90 Å². The molecule has 3 rings (SSSR count). The van der Waals surface area contributed by atoms with Gasteiger partial charge in [0.25, 0.3) is 0 Å². The van der Waals surface area contributed by atoms with Crippen LogP contribution in [0.5, 0.6) is 5.75 Å². The van der Waals surface area contributed by atoms with Gasteiger partial charge >= 0.3 is 0 Å². The number of phenols is 1. The number of nitrogens with zero attached hydrogens (tertiary/aromatic N) is 2. The molecule has 0 aromatic heterocycles. The van der Waals surface area contributed by atoms with Crippen LogP contribution < -0.4 is 0 Å². The molecule has 2 atom stereocenters. The lowest BCUT2D eigenvalue weighted by Crippen LogP contribution is -2.33. The Balaban J connectivity index is 1.91. The van der Waals surface area contributed by atoms with E-state index in [2.05, 4.69) is 5.10 Å². The summed E-state index contributed by atoms with van der Waals surface area (Å²) in [6.45, 7) is 0. The highest BCUT2D eigenvalue weighted by Gasteiger charge is 2.35. The van der Waals surface area contributed by atoms with Crippen molar-refractivity contribution >= 4 is 12.0 Å². The molecule has 4 nitrogen and oxygen atoms in total. The van der Waals surface area contributed by atoms with Gasteiger partial charge < -0.3 is 5.11 Å². The van der Waals surface area contributed by atoms with Gasteiger partial charge in [0, 0.05) is 12.4 Å². The lowest BCUT2D eigenvalue weighted by atomic mass is 9.91. The van der Waals surface area contributed by atoms with Gasteiger partial charge in [0.1, 0.15) is 5.75 Å². The lowest BCUT2D eigenvalue weighted by molar-refractivity contribution is 0.0930. The van der Waals surface area contributed by atoms with E-state index in [0.717, 1.165) is 0 Å². The minimum Gasteiger partial charge on any atom is -0.507 e. The average molecular weight is 240 g/mol. The van der Waals surface area contributed by atoms with Crippen molar-refractivity contribution in [1.82, 2.24) is 5.01 Å². The summed E-state index contributed by atoms with van der Waals surface area (Å²) in [5.41, 5.74) is 0.346. The second-order valence-corrected chi connectivity index (χ2v) is 4.27. The van der Waals surface area contributed by atoms with Gasteiger partial charge in [-0.25, -0.2) is 0 Å². The molecule has 18 heavy (non-hydrogen) atoms. The van der Waals surface area contributed by atoms with Crippen LogP contribution >= 0.6 is 0 Å². The second kappa shape index (κ2) is 4.14. The van der Waals surface area contributed by atoms with Crippen molar-refractivity contribution in [3.05, 3.63) is 54.3 Å². The van der Waals surface area contributed by atoms with E-state index < -0.39 is 0 Å². The van der Waals surface area contributed by atoms with E-state index in [1.807, 2.05) is 24.4 Å². The van der Waals surface area contributed by atoms with Crippen molar-refractivity contribution in [1.29, 1.82) is 0 Å². The van der Waals surface area contributed by atoms with E-state index in [0.29, 0.717) is 5.56 Å². The molecule has 4 heteroatoms. The van der Waals surface area contributed by atoms with Crippen LogP contribution in [-0.4, -0.2) is 28.2 Å². The van der Waals surface area contributed by atoms with Crippen molar-refractivity contribution in [3.8, 4) is 5.75 Å². The highest BCUT2D eigenvalue weighted by Crippen LogP contribution is 2.27. The molecular formula is C14H12N2O2. The summed E-state index contributed by atoms with van der Waals surface area (Å²) < 4.78 is 0. The Hall–Kier alpha value is -2.36. The third-order valence-electron chi connectivity index (χ3n) is 3.16. The summed E-state index contributed by atoms with van der Waals surface area (Å²) in [7, 11) is 0. The number of fused-ring (bicyclic) bond motifs is 1. The zero-order chi connectivity index (χ0) is 12.5. The van der Waals surface area contributed by atoms with E-state index in [4.69, 9.17) is 0 Å². The number of rotatable bonds is 2. The number of benzene rings is 1. The second-order valence-electron chi connectivity index (χ2n) is 4.27. The monoisotopic (exact) mass is 240 g/mol. The van der Waals surface area contributed by atoms with E-state index in [1.54, 1.807) is 29.4 Å². The predicted octanol–water partition coefficient (Wildman–Crippen LogP) is 1.94. The molecule has 90 valence electrons. The number of aromatic hydroxyl groups is 1. The van der Waals surface area contributed by atoms with Crippen LogP contribution in [0.15, 0.2) is 53.8 Å². The molecule has 2 aliphatic heterocycles. The fourth-order valence-electron chi connectivity index (χ4n) is 2.22. The van der Waals surface area contributed by atoms with Crippen LogP contribution in [0, 0.1) is 5.92 Å². The summed E-state index contributed by atoms with van der Waals surface area (Å²) in [6, 6.07) is 6.52. The Bertz CT molecular complexity index is 575. The maximum atomic E-state index is 12.4. The quantitative estimate of drug-likeness (QED) is 0.804. The van der Waals surface area contributed by atoms with Gasteiger partial charge in [0.15, 0.2) is 5.78 Å². The first-order valence-corrected chi connectivity index (χ1v) is 5.77. The molecule has 0 radical (unpaired) electrons. The Kier molecular flexibility index (Phi) is 2.48. The Labute approximate surface area is 105 Å². The zero-order valence-corrected chi connectivity index (χ0v) is 9.60. The van der Waals surface area contributed by atoms with Gasteiger partial charge in [0.05, 0.1) is 17.5 Å². The number of para-hydroxylation sites is 1. The van der Waals surface area contributed by atoms with Crippen molar-refractivity contribution < 1.29 is 9.90 Å². The van der Waals surface area contributed by atoms with Gasteiger partial charge in [-0.2, -0.15) is 5.10 Å². The number of hydrogen-bond donors (Lipinski definition) is 1. The van der Waals surface area contributed by atoms with Gasteiger partial charge in [-0.3, -0.25) is 9.80 Å². The molecule has 0 fully saturated rings. The molecule has 0 amide bonds. The summed E-state index contributed by atoms with van der Waals surface area (Å²) >= 11 is 0. The fraction of sp³-hybridized carbons (Fsp3) is 0.143. The number of hydrogen-bond acceptors (Lipinski definition) is 4. The smallest absolute Gasteiger partial charge is 0.177 e. The Morgan fingerprint density at radius 1 is 1.28 bits per heavy atom. The highest BCUT2D eigenvalue weighted by atomic mass is 16.3. The maximum absolute atomic E-state index is 12.4. The summed E-state index contributed by atoms with van der Waals surface area (Å²) in [5, 5.41) is 15.7. The largest absolute Gasteiger partial charge is 0.507 e. The van der Waals surface area contributed by atoms with Crippen molar-refractivity contribution in [2.75, 3.05) is 0 Å². The third-order valence-corrected chi connectivity index (χ3v) is 3.16. The minimum atomic E-state index is -0.348. The number of carbonyl (C=O) groups excluding carboxylic acids is 1. The molecule has 1 aromatic rings. The first-order chi connectivity index (χ1) is 8.77. The van der Waals surface area contributed by atoms with Gasteiger partial charge in [-0.05, 0) is 18.2 Å². The summed E-state index contributed by atoms with van der Waals surface area (Å²) in [4.78, 5) is 12.4. The number of phenolic OH excluding ortho intramolecular Hbond substituents is 1. The summed E-state index contributed by atoms with van der Waals surface area (Å²) in [6.07, 6.45) is 9.19. The average Bonchev–Trinajstić information content (AvgIpc) is 2.82. The molecule has 2 heterocycles. The van der Waals surface area contributed by atoms with Crippen LogP contribution in [-0.2, 0) is 0 Å². The molecule has 1 N–H and O–H groups in total. The molecule has 0 aliphatic carbocycles. The molecular weight excluding hydrogens is 228 g/mol. The van der Waals surface area contributed by atoms with Crippen LogP contribution in [0.4, 0.5) is 0 Å². The first kappa shape index (κ1) is 10.8. The van der Waals surface area contributed by atoms with Crippen LogP contribution in [0.3, 0.4) is 0 Å². The topological polar surface area (TPSA) is 52.9 Å². The van der Waals surface area contributed by atoms with E-state index in [-0.39, 0.29) is 23.5 Å². The maximum Gasteiger partial charge on any atom is 0.177 e. The molecule has 0 spiro atoms. The molecule has 0 bridgehead atoms. The predicted molar refractivity (Wildman–Crippen MR) is 68.3 cm³/mol. The number of carbonyl (C=O) groups is 1. The normalized spacial score (nSPS) is 24.3. The van der Waals surface area contributed by atoms with Crippen LogP contribution in [0.25, 0.3) is 0 Å². The first-order valence-electron chi connectivity index (χ1n) is 5.77. The Morgan fingerprint density at radius 2 is 2.11 bits per heavy atom. The third kappa shape index (κ3) is 1.62. The number of allylic oxidation sites excluding steroid dienone is 2. The lowest BCUT2D eigenvalue weighted by Gasteiger charge is -2.23. The number of hydrazone groups is 1. The fourth-order valence-corrected chi connectivity index (χ4v) is 2.22. The molecule has 0 saturated heterocycles. The molecule has 2 unspecified atom stereocenters. The van der Waals surface area contributed by atoms with Crippen molar-refractivity contribution in [2.24, 2.45) is 11.0 Å². The Morgan fingerprint density at radius 3 is 2.94 bits per heavy atom. The summed E-state index contributed by atoms with van der Waals surface area (Å²) in [5.74, 6) is -0.437. The minimum absolute atomic E-state index is 0.0182. The molecule has 1 aromatic carbocycles.